The lowest BCUT2D eigenvalue weighted by atomic mass is 9.85. The quantitative estimate of drug-likeness (QED) is 0.843. The Morgan fingerprint density at radius 3 is 2.85 bits per heavy atom. The summed E-state index contributed by atoms with van der Waals surface area (Å²) in [6, 6.07) is 8.21. The first-order valence-corrected chi connectivity index (χ1v) is 7.45. The number of hydrogen-bond donors (Lipinski definition) is 1. The van der Waals surface area contributed by atoms with E-state index in [9.17, 15) is 4.79 Å². The number of carbonyl (C=O) groups excluding carboxylic acids is 1. The van der Waals surface area contributed by atoms with E-state index in [1.54, 1.807) is 0 Å². The largest absolute Gasteiger partial charge is 0.361 e. The standard InChI is InChI=1S/C17H22N2O/c1-11-9-12(2)13(3)19(10-11)17(20)15-5-4-6-16-14(15)7-8-18-16/h4-8,11-13,18H,9-10H2,1-3H3. The van der Waals surface area contributed by atoms with Crippen LogP contribution in [0.3, 0.4) is 0 Å². The second-order valence-corrected chi connectivity index (χ2v) is 6.26. The van der Waals surface area contributed by atoms with E-state index in [0.29, 0.717) is 17.9 Å². The highest BCUT2D eigenvalue weighted by Gasteiger charge is 2.32. The molecule has 0 bridgehead atoms. The molecule has 20 heavy (non-hydrogen) atoms. The molecule has 3 heteroatoms. The van der Waals surface area contributed by atoms with Crippen LogP contribution in [0.2, 0.25) is 0 Å². The molecule has 1 aromatic carbocycles. The summed E-state index contributed by atoms with van der Waals surface area (Å²) in [4.78, 5) is 18.2. The van der Waals surface area contributed by atoms with Crippen LogP contribution in [0, 0.1) is 11.8 Å². The number of amides is 1. The number of likely N-dealkylation sites (tertiary alicyclic amines) is 1. The van der Waals surface area contributed by atoms with Crippen molar-refractivity contribution >= 4 is 16.8 Å². The molecule has 1 aliphatic rings. The van der Waals surface area contributed by atoms with Crippen molar-refractivity contribution in [3.05, 3.63) is 36.0 Å². The van der Waals surface area contributed by atoms with Crippen LogP contribution < -0.4 is 0 Å². The van der Waals surface area contributed by atoms with E-state index < -0.39 is 0 Å². The van der Waals surface area contributed by atoms with Gasteiger partial charge in [0.15, 0.2) is 0 Å². The Labute approximate surface area is 120 Å². The Kier molecular flexibility index (Phi) is 3.28. The molecule has 3 unspecified atom stereocenters. The molecule has 3 atom stereocenters. The highest BCUT2D eigenvalue weighted by Crippen LogP contribution is 2.29. The van der Waals surface area contributed by atoms with Crippen LogP contribution in [0.25, 0.3) is 10.9 Å². The number of carbonyl (C=O) groups is 1. The zero-order chi connectivity index (χ0) is 14.3. The fourth-order valence-electron chi connectivity index (χ4n) is 3.41. The Morgan fingerprint density at radius 1 is 1.25 bits per heavy atom. The van der Waals surface area contributed by atoms with Gasteiger partial charge in [-0.25, -0.2) is 0 Å². The molecule has 1 fully saturated rings. The molecular formula is C17H22N2O. The molecule has 0 radical (unpaired) electrons. The Morgan fingerprint density at radius 2 is 2.05 bits per heavy atom. The summed E-state index contributed by atoms with van der Waals surface area (Å²) in [5, 5.41) is 1.02. The second kappa shape index (κ2) is 4.97. The molecule has 1 aromatic heterocycles. The van der Waals surface area contributed by atoms with Crippen molar-refractivity contribution in [2.24, 2.45) is 11.8 Å². The minimum Gasteiger partial charge on any atom is -0.361 e. The molecule has 106 valence electrons. The SMILES string of the molecule is CC1CC(C)C(C)N(C(=O)c2cccc3[nH]ccc23)C1. The number of fused-ring (bicyclic) bond motifs is 1. The lowest BCUT2D eigenvalue weighted by molar-refractivity contribution is 0.0457. The maximum absolute atomic E-state index is 12.9. The third kappa shape index (κ3) is 2.11. The summed E-state index contributed by atoms with van der Waals surface area (Å²) in [7, 11) is 0. The van der Waals surface area contributed by atoms with E-state index >= 15 is 0 Å². The number of aromatic amines is 1. The average molecular weight is 270 g/mol. The Bertz CT molecular complexity index is 631. The summed E-state index contributed by atoms with van der Waals surface area (Å²) in [6.07, 6.45) is 3.10. The molecule has 1 saturated heterocycles. The summed E-state index contributed by atoms with van der Waals surface area (Å²) < 4.78 is 0. The van der Waals surface area contributed by atoms with Crippen molar-refractivity contribution in [1.29, 1.82) is 0 Å². The van der Waals surface area contributed by atoms with Gasteiger partial charge in [0.2, 0.25) is 0 Å². The van der Waals surface area contributed by atoms with Crippen LogP contribution >= 0.6 is 0 Å². The number of benzene rings is 1. The molecular weight excluding hydrogens is 248 g/mol. The van der Waals surface area contributed by atoms with Crippen molar-refractivity contribution in [2.45, 2.75) is 33.2 Å². The molecule has 1 N–H and O–H groups in total. The molecule has 1 amide bonds. The highest BCUT2D eigenvalue weighted by atomic mass is 16.2. The fourth-order valence-corrected chi connectivity index (χ4v) is 3.41. The average Bonchev–Trinajstić information content (AvgIpc) is 2.90. The van der Waals surface area contributed by atoms with Crippen LogP contribution in [-0.4, -0.2) is 28.4 Å². The van der Waals surface area contributed by atoms with Crippen LogP contribution in [0.5, 0.6) is 0 Å². The van der Waals surface area contributed by atoms with Gasteiger partial charge in [0.25, 0.3) is 5.91 Å². The van der Waals surface area contributed by atoms with Gasteiger partial charge >= 0.3 is 0 Å². The number of rotatable bonds is 1. The molecule has 0 saturated carbocycles. The maximum Gasteiger partial charge on any atom is 0.254 e. The van der Waals surface area contributed by atoms with Gasteiger partial charge in [0.05, 0.1) is 0 Å². The monoisotopic (exact) mass is 270 g/mol. The fraction of sp³-hybridized carbons (Fsp3) is 0.471. The van der Waals surface area contributed by atoms with Gasteiger partial charge in [0, 0.05) is 35.2 Å². The lowest BCUT2D eigenvalue weighted by Gasteiger charge is -2.41. The van der Waals surface area contributed by atoms with Gasteiger partial charge in [-0.2, -0.15) is 0 Å². The zero-order valence-electron chi connectivity index (χ0n) is 12.4. The molecule has 2 heterocycles. The van der Waals surface area contributed by atoms with E-state index in [1.807, 2.05) is 30.5 Å². The smallest absolute Gasteiger partial charge is 0.254 e. The van der Waals surface area contributed by atoms with E-state index in [4.69, 9.17) is 0 Å². The van der Waals surface area contributed by atoms with Crippen molar-refractivity contribution in [3.8, 4) is 0 Å². The van der Waals surface area contributed by atoms with E-state index in [2.05, 4.69) is 30.7 Å². The first kappa shape index (κ1) is 13.2. The molecule has 2 aromatic rings. The summed E-state index contributed by atoms with van der Waals surface area (Å²) in [5.74, 6) is 1.31. The van der Waals surface area contributed by atoms with Crippen LogP contribution in [0.15, 0.2) is 30.5 Å². The zero-order valence-corrected chi connectivity index (χ0v) is 12.4. The summed E-state index contributed by atoms with van der Waals surface area (Å²) in [6.45, 7) is 7.52. The van der Waals surface area contributed by atoms with E-state index in [1.165, 1.54) is 6.42 Å². The van der Waals surface area contributed by atoms with Gasteiger partial charge in [0.1, 0.15) is 0 Å². The predicted octanol–water partition coefficient (Wildman–Crippen LogP) is 3.67. The third-order valence-corrected chi connectivity index (χ3v) is 4.68. The van der Waals surface area contributed by atoms with Gasteiger partial charge in [-0.3, -0.25) is 4.79 Å². The number of H-pyrrole nitrogens is 1. The molecule has 1 aliphatic heterocycles. The summed E-state index contributed by atoms with van der Waals surface area (Å²) >= 11 is 0. The van der Waals surface area contributed by atoms with Crippen LogP contribution in [0.1, 0.15) is 37.6 Å². The highest BCUT2D eigenvalue weighted by molar-refractivity contribution is 6.06. The third-order valence-electron chi connectivity index (χ3n) is 4.68. The van der Waals surface area contributed by atoms with E-state index in [0.717, 1.165) is 23.0 Å². The summed E-state index contributed by atoms with van der Waals surface area (Å²) in [5.41, 5.74) is 1.85. The number of aromatic nitrogens is 1. The minimum atomic E-state index is 0.168. The normalized spacial score (nSPS) is 26.9. The van der Waals surface area contributed by atoms with Gasteiger partial charge in [-0.05, 0) is 43.4 Å². The number of nitrogens with one attached hydrogen (secondary N) is 1. The number of nitrogens with zero attached hydrogens (tertiary/aromatic N) is 1. The van der Waals surface area contributed by atoms with Crippen molar-refractivity contribution in [2.75, 3.05) is 6.54 Å². The van der Waals surface area contributed by atoms with Crippen molar-refractivity contribution in [3.63, 3.8) is 0 Å². The molecule has 3 nitrogen and oxygen atoms in total. The maximum atomic E-state index is 12.9. The van der Waals surface area contributed by atoms with Gasteiger partial charge in [-0.15, -0.1) is 0 Å². The first-order chi connectivity index (χ1) is 9.58. The Hall–Kier alpha value is -1.77. The van der Waals surface area contributed by atoms with Crippen LogP contribution in [0.4, 0.5) is 0 Å². The molecule has 0 spiro atoms. The van der Waals surface area contributed by atoms with Crippen LogP contribution in [-0.2, 0) is 0 Å². The number of hydrogen-bond acceptors (Lipinski definition) is 1. The predicted molar refractivity (Wildman–Crippen MR) is 81.7 cm³/mol. The van der Waals surface area contributed by atoms with Gasteiger partial charge in [-0.1, -0.05) is 19.9 Å². The molecule has 0 aliphatic carbocycles. The lowest BCUT2D eigenvalue weighted by Crippen LogP contribution is -2.48. The van der Waals surface area contributed by atoms with E-state index in [-0.39, 0.29) is 5.91 Å². The molecule has 3 rings (SSSR count). The first-order valence-electron chi connectivity index (χ1n) is 7.45. The van der Waals surface area contributed by atoms with Crippen molar-refractivity contribution in [1.82, 2.24) is 9.88 Å². The van der Waals surface area contributed by atoms with Gasteiger partial charge < -0.3 is 9.88 Å². The minimum absolute atomic E-state index is 0.168. The topological polar surface area (TPSA) is 36.1 Å². The Balaban J connectivity index is 1.97. The van der Waals surface area contributed by atoms with Crippen molar-refractivity contribution < 1.29 is 4.79 Å². The second-order valence-electron chi connectivity index (χ2n) is 6.26. The number of piperidine rings is 1.